The van der Waals surface area contributed by atoms with Crippen molar-refractivity contribution in [2.75, 3.05) is 19.6 Å². The number of benzene rings is 2. The second-order valence-corrected chi connectivity index (χ2v) is 8.42. The Morgan fingerprint density at radius 1 is 0.833 bits per heavy atom. The van der Waals surface area contributed by atoms with Gasteiger partial charge in [-0.1, -0.05) is 36.4 Å². The van der Waals surface area contributed by atoms with Gasteiger partial charge in [0.15, 0.2) is 0 Å². The summed E-state index contributed by atoms with van der Waals surface area (Å²) in [6.45, 7) is 4.71. The maximum absolute atomic E-state index is 3.94. The van der Waals surface area contributed by atoms with E-state index in [1.54, 1.807) is 12.7 Å². The molecule has 1 aliphatic rings. The molecule has 0 atom stereocenters. The molecule has 5 heteroatoms. The van der Waals surface area contributed by atoms with E-state index in [4.69, 9.17) is 0 Å². The minimum atomic E-state index is 0.841. The van der Waals surface area contributed by atoms with E-state index in [0.717, 1.165) is 18.2 Å². The highest BCUT2D eigenvalue weighted by molar-refractivity contribution is 5.88. The lowest BCUT2D eigenvalue weighted by molar-refractivity contribution is 0.180. The highest BCUT2D eigenvalue weighted by atomic mass is 15.2. The van der Waals surface area contributed by atoms with Crippen LogP contribution in [-0.4, -0.2) is 43.9 Å². The number of likely N-dealkylation sites (tertiary alicyclic amines) is 1. The molecule has 0 saturated carbocycles. The number of piperidine rings is 1. The fraction of sp³-hybridized carbons (Fsp3) is 0.360. The van der Waals surface area contributed by atoms with Crippen LogP contribution < -0.4 is 0 Å². The van der Waals surface area contributed by atoms with Crippen molar-refractivity contribution in [3.05, 3.63) is 79.0 Å². The summed E-state index contributed by atoms with van der Waals surface area (Å²) < 4.78 is 4.36. The van der Waals surface area contributed by atoms with Gasteiger partial charge in [0.1, 0.15) is 12.7 Å². The Labute approximate surface area is 178 Å². The third-order valence-corrected chi connectivity index (χ3v) is 6.44. The molecule has 0 bridgehead atoms. The first kappa shape index (κ1) is 19.1. The number of aromatic nitrogens is 4. The van der Waals surface area contributed by atoms with Crippen LogP contribution in [0.25, 0.3) is 16.6 Å². The average Bonchev–Trinajstić information content (AvgIpc) is 3.46. The molecule has 0 unspecified atom stereocenters. The molecule has 1 aliphatic heterocycles. The SMILES string of the molecule is c1ccc(CC2CCN(CCCn3ccc4c(-n5cnnc5)cccc43)CC2)cc1. The highest BCUT2D eigenvalue weighted by Gasteiger charge is 2.19. The predicted octanol–water partition coefficient (Wildman–Crippen LogP) is 4.57. The minimum absolute atomic E-state index is 0.841. The van der Waals surface area contributed by atoms with Crippen LogP contribution in [0.2, 0.25) is 0 Å². The Kier molecular flexibility index (Phi) is 5.62. The largest absolute Gasteiger partial charge is 0.347 e. The van der Waals surface area contributed by atoms with Crippen molar-refractivity contribution in [1.29, 1.82) is 0 Å². The first-order valence-electron chi connectivity index (χ1n) is 11.1. The Balaban J connectivity index is 1.14. The zero-order valence-electron chi connectivity index (χ0n) is 17.4. The van der Waals surface area contributed by atoms with E-state index >= 15 is 0 Å². The molecule has 4 aromatic rings. The van der Waals surface area contributed by atoms with Crippen LogP contribution in [0.3, 0.4) is 0 Å². The van der Waals surface area contributed by atoms with Crippen molar-refractivity contribution < 1.29 is 0 Å². The number of aryl methyl sites for hydroxylation is 1. The van der Waals surface area contributed by atoms with Gasteiger partial charge in [0.25, 0.3) is 0 Å². The van der Waals surface area contributed by atoms with E-state index in [1.165, 1.54) is 61.8 Å². The minimum Gasteiger partial charge on any atom is -0.347 e. The summed E-state index contributed by atoms with van der Waals surface area (Å²) in [6.07, 6.45) is 10.8. The molecule has 0 amide bonds. The van der Waals surface area contributed by atoms with Crippen LogP contribution in [0.5, 0.6) is 0 Å². The number of rotatable bonds is 7. The molecule has 0 N–H and O–H groups in total. The second kappa shape index (κ2) is 8.84. The van der Waals surface area contributed by atoms with E-state index in [2.05, 4.69) is 80.5 Å². The molecular formula is C25H29N5. The second-order valence-electron chi connectivity index (χ2n) is 8.42. The average molecular weight is 400 g/mol. The van der Waals surface area contributed by atoms with Crippen molar-refractivity contribution >= 4 is 10.9 Å². The third kappa shape index (κ3) is 4.17. The molecule has 3 heterocycles. The summed E-state index contributed by atoms with van der Waals surface area (Å²) in [5.74, 6) is 0.841. The monoisotopic (exact) mass is 399 g/mol. The summed E-state index contributed by atoms with van der Waals surface area (Å²) in [5, 5.41) is 9.13. The smallest absolute Gasteiger partial charge is 0.123 e. The molecule has 1 saturated heterocycles. The van der Waals surface area contributed by atoms with E-state index in [0.29, 0.717) is 0 Å². The standard InChI is InChI=1S/C25H29N5/c1-2-6-21(7-3-1)18-22-10-15-28(16-11-22)13-5-14-29-17-12-23-24(29)8-4-9-25(23)30-19-26-27-20-30/h1-4,6-9,12,17,19-20,22H,5,10-11,13-16,18H2. The van der Waals surface area contributed by atoms with Gasteiger partial charge in [-0.15, -0.1) is 10.2 Å². The van der Waals surface area contributed by atoms with Gasteiger partial charge in [-0.2, -0.15) is 0 Å². The lowest BCUT2D eigenvalue weighted by Crippen LogP contribution is -2.35. The Morgan fingerprint density at radius 3 is 2.43 bits per heavy atom. The topological polar surface area (TPSA) is 38.9 Å². The summed E-state index contributed by atoms with van der Waals surface area (Å²) in [7, 11) is 0. The van der Waals surface area contributed by atoms with Crippen LogP contribution in [0.15, 0.2) is 73.4 Å². The van der Waals surface area contributed by atoms with Crippen LogP contribution in [0.1, 0.15) is 24.8 Å². The lowest BCUT2D eigenvalue weighted by Gasteiger charge is -2.32. The first-order valence-corrected chi connectivity index (χ1v) is 11.1. The number of hydrogen-bond donors (Lipinski definition) is 0. The molecule has 5 rings (SSSR count). The number of fused-ring (bicyclic) bond motifs is 1. The van der Waals surface area contributed by atoms with Gasteiger partial charge in [-0.25, -0.2) is 0 Å². The zero-order chi connectivity index (χ0) is 20.2. The summed E-state index contributed by atoms with van der Waals surface area (Å²) >= 11 is 0. The van der Waals surface area contributed by atoms with Gasteiger partial charge < -0.3 is 9.47 Å². The maximum Gasteiger partial charge on any atom is 0.123 e. The molecule has 5 nitrogen and oxygen atoms in total. The maximum atomic E-state index is 3.94. The van der Waals surface area contributed by atoms with E-state index < -0.39 is 0 Å². The zero-order valence-corrected chi connectivity index (χ0v) is 17.4. The van der Waals surface area contributed by atoms with E-state index in [-0.39, 0.29) is 0 Å². The normalized spacial score (nSPS) is 15.7. The molecule has 154 valence electrons. The van der Waals surface area contributed by atoms with Gasteiger partial charge in [0, 0.05) is 18.1 Å². The predicted molar refractivity (Wildman–Crippen MR) is 121 cm³/mol. The Morgan fingerprint density at radius 2 is 1.63 bits per heavy atom. The fourth-order valence-corrected chi connectivity index (χ4v) is 4.78. The van der Waals surface area contributed by atoms with Crippen molar-refractivity contribution in [2.24, 2.45) is 5.92 Å². The number of nitrogens with zero attached hydrogens (tertiary/aromatic N) is 5. The molecule has 1 fully saturated rings. The quantitative estimate of drug-likeness (QED) is 0.457. The van der Waals surface area contributed by atoms with Crippen LogP contribution in [-0.2, 0) is 13.0 Å². The van der Waals surface area contributed by atoms with Gasteiger partial charge in [-0.3, -0.25) is 4.57 Å². The molecular weight excluding hydrogens is 370 g/mol. The Hall–Kier alpha value is -2.92. The first-order chi connectivity index (χ1) is 14.9. The van der Waals surface area contributed by atoms with E-state index in [1.807, 2.05) is 4.57 Å². The molecule has 30 heavy (non-hydrogen) atoms. The molecule has 0 radical (unpaired) electrons. The van der Waals surface area contributed by atoms with Crippen molar-refractivity contribution in [1.82, 2.24) is 24.2 Å². The summed E-state index contributed by atoms with van der Waals surface area (Å²) in [4.78, 5) is 2.65. The van der Waals surface area contributed by atoms with Crippen molar-refractivity contribution in [3.63, 3.8) is 0 Å². The van der Waals surface area contributed by atoms with Crippen molar-refractivity contribution in [2.45, 2.75) is 32.2 Å². The van der Waals surface area contributed by atoms with Crippen LogP contribution in [0.4, 0.5) is 0 Å². The lowest BCUT2D eigenvalue weighted by atomic mass is 9.90. The summed E-state index contributed by atoms with van der Waals surface area (Å²) in [6, 6.07) is 19.6. The Bertz CT molecular complexity index is 1060. The molecule has 2 aromatic heterocycles. The fourth-order valence-electron chi connectivity index (χ4n) is 4.78. The summed E-state index contributed by atoms with van der Waals surface area (Å²) in [5.41, 5.74) is 3.90. The van der Waals surface area contributed by atoms with Gasteiger partial charge in [0.05, 0.1) is 11.2 Å². The third-order valence-electron chi connectivity index (χ3n) is 6.44. The number of hydrogen-bond acceptors (Lipinski definition) is 3. The van der Waals surface area contributed by atoms with Crippen molar-refractivity contribution in [3.8, 4) is 5.69 Å². The van der Waals surface area contributed by atoms with Crippen LogP contribution >= 0.6 is 0 Å². The highest BCUT2D eigenvalue weighted by Crippen LogP contribution is 2.24. The van der Waals surface area contributed by atoms with Gasteiger partial charge in [0.2, 0.25) is 0 Å². The molecule has 0 spiro atoms. The molecule has 0 aliphatic carbocycles. The molecule has 2 aromatic carbocycles. The van der Waals surface area contributed by atoms with Gasteiger partial charge >= 0.3 is 0 Å². The van der Waals surface area contributed by atoms with E-state index in [9.17, 15) is 0 Å². The van der Waals surface area contributed by atoms with Gasteiger partial charge in [-0.05, 0) is 75.0 Å². The van der Waals surface area contributed by atoms with Crippen LogP contribution in [0, 0.1) is 5.92 Å².